The minimum atomic E-state index is -1.17. The third kappa shape index (κ3) is 19.5. The number of pyridine rings is 3. The number of aromatic carboxylic acids is 1. The molecule has 1 radical (unpaired) electrons. The number of nitrogens with zero attached hydrogens (tertiary/aromatic N) is 6. The predicted octanol–water partition coefficient (Wildman–Crippen LogP) is 2.76. The molecule has 0 saturated carbocycles. The molecule has 0 aliphatic heterocycles. The zero-order valence-electron chi connectivity index (χ0n) is 17.7. The largest absolute Gasteiger partial charge is 3.00 e. The summed E-state index contributed by atoms with van der Waals surface area (Å²) < 4.78 is 4.75. The second kappa shape index (κ2) is 25.0. The SMILES string of the molecule is Cc1ccnc(-c2cc(OC=O)ccn2)c1.N#C[S-].O=C([O-])c1ccncc1.[N-]=C=S.[N-]=C=S.[Ru+3]. The third-order valence-corrected chi connectivity index (χ3v) is 3.01. The number of hydrogen-bond donors (Lipinski definition) is 0. The zero-order chi connectivity index (χ0) is 26.2. The molecule has 14 heteroatoms. The summed E-state index contributed by atoms with van der Waals surface area (Å²) >= 11 is 11.1. The summed E-state index contributed by atoms with van der Waals surface area (Å²) in [6.07, 6.45) is 6.12. The van der Waals surface area contributed by atoms with Gasteiger partial charge in [-0.25, -0.2) is 5.26 Å². The molecule has 0 saturated heterocycles. The summed E-state index contributed by atoms with van der Waals surface area (Å²) in [4.78, 5) is 32.3. The second-order valence-electron chi connectivity index (χ2n) is 5.11. The number of ether oxygens (including phenoxy) is 1. The molecule has 3 heterocycles. The quantitative estimate of drug-likeness (QED) is 0.106. The first-order valence-electron chi connectivity index (χ1n) is 8.49. The fraction of sp³-hybridized carbons (Fsp3) is 0.0476. The molecule has 0 unspecified atom stereocenters. The van der Waals surface area contributed by atoms with Crippen LogP contribution in [-0.4, -0.2) is 37.7 Å². The molecular weight excluding hydrogens is 598 g/mol. The molecule has 35 heavy (non-hydrogen) atoms. The molecule has 0 atom stereocenters. The predicted molar refractivity (Wildman–Crippen MR) is 132 cm³/mol. The Hall–Kier alpha value is -3.68. The van der Waals surface area contributed by atoms with E-state index in [0.717, 1.165) is 11.3 Å². The van der Waals surface area contributed by atoms with Gasteiger partial charge in [-0.05, 0) is 42.8 Å². The molecule has 0 fully saturated rings. The molecule has 3 aromatic rings. The van der Waals surface area contributed by atoms with Gasteiger partial charge in [0.2, 0.25) is 0 Å². The van der Waals surface area contributed by atoms with Crippen LogP contribution < -0.4 is 9.84 Å². The van der Waals surface area contributed by atoms with Gasteiger partial charge in [0, 0.05) is 36.4 Å². The van der Waals surface area contributed by atoms with Crippen LogP contribution in [0.4, 0.5) is 0 Å². The molecular formula is C21H14N6O4RuS3-. The maximum absolute atomic E-state index is 10.2. The minimum absolute atomic E-state index is 0. The number of nitriles is 1. The van der Waals surface area contributed by atoms with E-state index in [9.17, 15) is 14.7 Å². The minimum Gasteiger partial charge on any atom is -0.753 e. The summed E-state index contributed by atoms with van der Waals surface area (Å²) in [5.74, 6) is -0.708. The Balaban J connectivity index is -0.000000457. The van der Waals surface area contributed by atoms with Crippen LogP contribution in [0, 0.1) is 17.6 Å². The normalized spacial score (nSPS) is 7.43. The van der Waals surface area contributed by atoms with Gasteiger partial charge in [-0.1, -0.05) is 29.8 Å². The Morgan fingerprint density at radius 3 is 1.91 bits per heavy atom. The first-order valence-corrected chi connectivity index (χ1v) is 9.71. The summed E-state index contributed by atoms with van der Waals surface area (Å²) in [5, 5.41) is 35.5. The molecule has 3 aromatic heterocycles. The van der Waals surface area contributed by atoms with Crippen molar-refractivity contribution in [2.45, 2.75) is 6.92 Å². The van der Waals surface area contributed by atoms with E-state index in [2.05, 4.69) is 52.0 Å². The topological polar surface area (TPSA) is 173 Å². The number of thiocarbonyl (C=S) groups is 2. The average Bonchev–Trinajstić information content (AvgIpc) is 2.82. The molecule has 0 N–H and O–H groups in total. The molecule has 0 amide bonds. The van der Waals surface area contributed by atoms with E-state index in [4.69, 9.17) is 20.8 Å². The fourth-order valence-corrected chi connectivity index (χ4v) is 1.84. The van der Waals surface area contributed by atoms with Crippen LogP contribution in [0.15, 0.2) is 61.2 Å². The van der Waals surface area contributed by atoms with Gasteiger partial charge in [0.25, 0.3) is 6.47 Å². The molecule has 179 valence electrons. The Morgan fingerprint density at radius 2 is 1.51 bits per heavy atom. The maximum Gasteiger partial charge on any atom is 3.00 e. The van der Waals surface area contributed by atoms with Gasteiger partial charge in [-0.2, -0.15) is 10.3 Å². The number of rotatable bonds is 4. The van der Waals surface area contributed by atoms with E-state index < -0.39 is 5.97 Å². The number of thiocyanates is 1. The van der Waals surface area contributed by atoms with Gasteiger partial charge in [0.05, 0.1) is 17.4 Å². The maximum atomic E-state index is 10.2. The second-order valence-corrected chi connectivity index (χ2v) is 5.65. The van der Waals surface area contributed by atoms with Crippen molar-refractivity contribution in [1.82, 2.24) is 15.0 Å². The number of hydrogen-bond acceptors (Lipinski definition) is 11. The van der Waals surface area contributed by atoms with Crippen LogP contribution in [0.5, 0.6) is 5.75 Å². The molecule has 0 bridgehead atoms. The van der Waals surface area contributed by atoms with E-state index >= 15 is 0 Å². The summed E-state index contributed by atoms with van der Waals surface area (Å²) in [6.45, 7) is 2.37. The first-order chi connectivity index (χ1) is 16.3. The molecule has 0 aromatic carbocycles. The van der Waals surface area contributed by atoms with Crippen LogP contribution in [-0.2, 0) is 36.9 Å². The van der Waals surface area contributed by atoms with Gasteiger partial charge in [-0.15, -0.1) is 0 Å². The van der Waals surface area contributed by atoms with Crippen LogP contribution in [0.25, 0.3) is 22.2 Å². The van der Waals surface area contributed by atoms with Crippen LogP contribution in [0.3, 0.4) is 0 Å². The molecule has 3 rings (SSSR count). The number of carboxylic acid groups (broad SMARTS) is 1. The van der Waals surface area contributed by atoms with Gasteiger partial charge in [0.1, 0.15) is 5.75 Å². The number of carboxylic acids is 1. The molecule has 0 aliphatic carbocycles. The third-order valence-electron chi connectivity index (χ3n) is 3.01. The Morgan fingerprint density at radius 1 is 1.06 bits per heavy atom. The van der Waals surface area contributed by atoms with E-state index in [0.29, 0.717) is 17.9 Å². The number of isothiocyanates is 2. The van der Waals surface area contributed by atoms with Crippen molar-refractivity contribution in [2.75, 3.05) is 0 Å². The number of aryl methyl sites for hydroxylation is 1. The smallest absolute Gasteiger partial charge is 0.753 e. The summed E-state index contributed by atoms with van der Waals surface area (Å²) in [5.41, 5.74) is 2.71. The Labute approximate surface area is 230 Å². The van der Waals surface area contributed by atoms with Crippen molar-refractivity contribution >= 4 is 59.8 Å². The molecule has 0 aliphatic rings. The Kier molecular flexibility index (Phi) is 25.6. The molecule has 10 nitrogen and oxygen atoms in total. The first kappa shape index (κ1) is 35.9. The monoisotopic (exact) mass is 612 g/mol. The molecule has 0 spiro atoms. The average molecular weight is 612 g/mol. The van der Waals surface area contributed by atoms with Crippen LogP contribution in [0.1, 0.15) is 15.9 Å². The Bertz CT molecular complexity index is 1120. The number of carbonyl (C=O) groups is 2. The van der Waals surface area contributed by atoms with Crippen LogP contribution in [0.2, 0.25) is 0 Å². The van der Waals surface area contributed by atoms with Crippen molar-refractivity contribution in [2.24, 2.45) is 0 Å². The van der Waals surface area contributed by atoms with Gasteiger partial charge >= 0.3 is 19.5 Å². The van der Waals surface area contributed by atoms with E-state index in [1.807, 2.05) is 19.1 Å². The van der Waals surface area contributed by atoms with Crippen LogP contribution >= 0.6 is 24.4 Å². The standard InChI is InChI=1S/C12H10N2O2.C6H5NO2.CHNS.2CNS.Ru/c1-9-2-4-13-11(6-9)12-7-10(16-8-15)3-5-14-12;8-6(9)5-1-3-7-4-2-5;3*2-1-3;/h2-8H,1H3;1-4H,(H,8,9);3H;;;/q;;;2*-1;+3/p-2. The van der Waals surface area contributed by atoms with Crippen molar-refractivity contribution in [3.63, 3.8) is 0 Å². The fourth-order valence-electron chi connectivity index (χ4n) is 1.84. The van der Waals surface area contributed by atoms with Crippen molar-refractivity contribution in [3.8, 4) is 22.5 Å². The van der Waals surface area contributed by atoms with Gasteiger partial charge in [0.15, 0.2) is 0 Å². The van der Waals surface area contributed by atoms with Crippen molar-refractivity contribution < 1.29 is 38.9 Å². The summed E-state index contributed by atoms with van der Waals surface area (Å²) in [6, 6.07) is 9.90. The zero-order valence-corrected chi connectivity index (χ0v) is 21.9. The number of aromatic nitrogens is 3. The van der Waals surface area contributed by atoms with Crippen molar-refractivity contribution in [1.29, 1.82) is 5.26 Å². The van der Waals surface area contributed by atoms with E-state index in [1.165, 1.54) is 40.3 Å². The summed E-state index contributed by atoms with van der Waals surface area (Å²) in [7, 11) is 0. The van der Waals surface area contributed by atoms with Gasteiger partial charge in [-0.3, -0.25) is 19.7 Å². The van der Waals surface area contributed by atoms with Gasteiger partial charge < -0.3 is 38.1 Å². The van der Waals surface area contributed by atoms with Crippen molar-refractivity contribution in [3.05, 3.63) is 83.1 Å². The number of carbonyl (C=O) groups excluding carboxylic acids is 2. The van der Waals surface area contributed by atoms with E-state index in [1.54, 1.807) is 24.5 Å². The van der Waals surface area contributed by atoms with E-state index in [-0.39, 0.29) is 25.0 Å².